The van der Waals surface area contributed by atoms with E-state index in [1.165, 1.54) is 6.07 Å². The van der Waals surface area contributed by atoms with Crippen molar-refractivity contribution in [3.63, 3.8) is 0 Å². The maximum absolute atomic E-state index is 15.7. The Morgan fingerprint density at radius 3 is 2.58 bits per heavy atom. The molecule has 0 bridgehead atoms. The van der Waals surface area contributed by atoms with E-state index in [2.05, 4.69) is 0 Å². The summed E-state index contributed by atoms with van der Waals surface area (Å²) in [4.78, 5) is 39.4. The number of fused-ring (bicyclic) bond motifs is 3. The lowest BCUT2D eigenvalue weighted by Crippen LogP contribution is -2.44. The van der Waals surface area contributed by atoms with E-state index in [0.29, 0.717) is 5.56 Å². The van der Waals surface area contributed by atoms with Crippen LogP contribution < -0.4 is 5.73 Å². The van der Waals surface area contributed by atoms with Gasteiger partial charge in [-0.3, -0.25) is 19.3 Å². The van der Waals surface area contributed by atoms with Crippen molar-refractivity contribution in [2.45, 2.75) is 38.1 Å². The monoisotopic (exact) mass is 456 g/mol. The first kappa shape index (κ1) is 21.6. The fraction of sp³-hybridized carbons (Fsp3) is 0.458. The normalized spacial score (nSPS) is 29.8. The number of carbonyl (C=O) groups is 3. The van der Waals surface area contributed by atoms with Crippen LogP contribution in [0.4, 0.5) is 4.39 Å². The third-order valence-corrected chi connectivity index (χ3v) is 7.73. The average molecular weight is 456 g/mol. The number of Topliss-reactive ketones (excluding diaryl/α,β-unsaturated/α-hetero) is 2. The molecular formula is C24H25FN2O6. The summed E-state index contributed by atoms with van der Waals surface area (Å²) in [5.41, 5.74) is 5.02. The van der Waals surface area contributed by atoms with Gasteiger partial charge in [0.1, 0.15) is 28.7 Å². The molecule has 1 saturated heterocycles. The molecule has 4 atom stereocenters. The lowest BCUT2D eigenvalue weighted by molar-refractivity contribution is -0.127. The minimum Gasteiger partial charge on any atom is -0.511 e. The second-order valence-electron chi connectivity index (χ2n) is 9.54. The second-order valence-corrected chi connectivity index (χ2v) is 9.54. The number of phenolic OH excluding ortho intramolecular Hbond substituents is 1. The number of benzene rings is 1. The van der Waals surface area contributed by atoms with Crippen molar-refractivity contribution in [3.8, 4) is 5.75 Å². The molecule has 4 unspecified atom stereocenters. The van der Waals surface area contributed by atoms with Gasteiger partial charge < -0.3 is 21.1 Å². The van der Waals surface area contributed by atoms with Gasteiger partial charge in [0.15, 0.2) is 11.6 Å². The molecule has 1 aliphatic heterocycles. The molecule has 0 spiro atoms. The SMILES string of the molecule is CN1CCCC1c1cc(O)c2c(c1F)CC1CC3CC(=O)C(C(N)=O)=C(O)C3C(=O)C1=C2O. The summed E-state index contributed by atoms with van der Waals surface area (Å²) in [6.07, 6.45) is 1.84. The van der Waals surface area contributed by atoms with Crippen molar-refractivity contribution in [1.82, 2.24) is 4.90 Å². The molecule has 0 radical (unpaired) electrons. The molecule has 33 heavy (non-hydrogen) atoms. The van der Waals surface area contributed by atoms with Gasteiger partial charge in [-0.1, -0.05) is 0 Å². The fourth-order valence-electron chi connectivity index (χ4n) is 6.25. The largest absolute Gasteiger partial charge is 0.511 e. The number of rotatable bonds is 2. The molecule has 5 rings (SSSR count). The van der Waals surface area contributed by atoms with Crippen molar-refractivity contribution in [3.05, 3.63) is 45.5 Å². The molecule has 1 saturated carbocycles. The first-order valence-electron chi connectivity index (χ1n) is 11.1. The maximum Gasteiger partial charge on any atom is 0.255 e. The van der Waals surface area contributed by atoms with Crippen LogP contribution in [0.15, 0.2) is 23.0 Å². The van der Waals surface area contributed by atoms with Gasteiger partial charge in [-0.25, -0.2) is 4.39 Å². The number of nitrogens with zero attached hydrogens (tertiary/aromatic N) is 1. The predicted octanol–water partition coefficient (Wildman–Crippen LogP) is 2.21. The molecule has 1 aromatic carbocycles. The number of nitrogens with two attached hydrogens (primary N) is 1. The molecular weight excluding hydrogens is 431 g/mol. The third kappa shape index (κ3) is 3.02. The number of aromatic hydroxyl groups is 1. The van der Waals surface area contributed by atoms with Crippen molar-refractivity contribution in [2.24, 2.45) is 23.5 Å². The van der Waals surface area contributed by atoms with Gasteiger partial charge in [0, 0.05) is 29.2 Å². The Hall–Kier alpha value is -3.20. The van der Waals surface area contributed by atoms with Gasteiger partial charge in [-0.2, -0.15) is 0 Å². The summed E-state index contributed by atoms with van der Waals surface area (Å²) in [7, 11) is 1.89. The Morgan fingerprint density at radius 2 is 1.94 bits per heavy atom. The highest BCUT2D eigenvalue weighted by atomic mass is 19.1. The van der Waals surface area contributed by atoms with E-state index in [-0.39, 0.29) is 47.8 Å². The molecule has 1 amide bonds. The van der Waals surface area contributed by atoms with Crippen LogP contribution in [0.3, 0.4) is 0 Å². The highest BCUT2D eigenvalue weighted by molar-refractivity contribution is 6.21. The van der Waals surface area contributed by atoms with E-state index in [1.54, 1.807) is 0 Å². The molecule has 8 nitrogen and oxygen atoms in total. The Kier molecular flexibility index (Phi) is 4.86. The number of primary amides is 1. The Balaban J connectivity index is 1.63. The second kappa shape index (κ2) is 7.41. The highest BCUT2D eigenvalue weighted by Crippen LogP contribution is 2.51. The number of aliphatic hydroxyl groups excluding tert-OH is 2. The molecule has 4 aliphatic rings. The number of hydrogen-bond acceptors (Lipinski definition) is 7. The number of carbonyl (C=O) groups excluding carboxylic acids is 3. The number of amides is 1. The summed E-state index contributed by atoms with van der Waals surface area (Å²) >= 11 is 0. The Morgan fingerprint density at radius 1 is 1.21 bits per heavy atom. The van der Waals surface area contributed by atoms with Crippen LogP contribution in [0.1, 0.15) is 48.4 Å². The highest BCUT2D eigenvalue weighted by Gasteiger charge is 2.51. The number of aliphatic hydroxyl groups is 2. The van der Waals surface area contributed by atoms with E-state index in [1.807, 2.05) is 11.9 Å². The molecule has 174 valence electrons. The predicted molar refractivity (Wildman–Crippen MR) is 114 cm³/mol. The minimum absolute atomic E-state index is 0.0195. The first-order chi connectivity index (χ1) is 15.6. The number of halogens is 1. The molecule has 3 aliphatic carbocycles. The summed E-state index contributed by atoms with van der Waals surface area (Å²) in [6, 6.07) is 1.13. The van der Waals surface area contributed by atoms with Crippen molar-refractivity contribution >= 4 is 23.2 Å². The van der Waals surface area contributed by atoms with Crippen LogP contribution in [-0.2, 0) is 20.8 Å². The van der Waals surface area contributed by atoms with Crippen LogP contribution in [0, 0.1) is 23.6 Å². The minimum atomic E-state index is -1.18. The van der Waals surface area contributed by atoms with Crippen LogP contribution in [0.25, 0.3) is 5.76 Å². The lowest BCUT2D eigenvalue weighted by atomic mass is 9.61. The Labute approximate surface area is 189 Å². The number of hydrogen-bond donors (Lipinski definition) is 4. The number of ketones is 2. The first-order valence-corrected chi connectivity index (χ1v) is 11.1. The van der Waals surface area contributed by atoms with Gasteiger partial charge in [0.2, 0.25) is 0 Å². The maximum atomic E-state index is 15.7. The zero-order valence-corrected chi connectivity index (χ0v) is 18.1. The van der Waals surface area contributed by atoms with Gasteiger partial charge in [-0.15, -0.1) is 0 Å². The topological polar surface area (TPSA) is 141 Å². The van der Waals surface area contributed by atoms with E-state index in [0.717, 1.165) is 19.4 Å². The smallest absolute Gasteiger partial charge is 0.255 e. The van der Waals surface area contributed by atoms with Crippen LogP contribution in [0.5, 0.6) is 5.75 Å². The quantitative estimate of drug-likeness (QED) is 0.500. The van der Waals surface area contributed by atoms with Crippen molar-refractivity contribution in [1.29, 1.82) is 0 Å². The van der Waals surface area contributed by atoms with Gasteiger partial charge >= 0.3 is 0 Å². The standard InChI is InChI=1S/C24H25FN2O6/c1-27-4-2-3-13(27)11-8-15(29)18-12(20(11)25)6-9-5-10-7-14(28)19(24(26)33)23(32)17(10)21(30)16(9)22(18)31/h8-10,13,17,29,31-32H,2-7H2,1H3,(H2,26,33). The Bertz CT molecular complexity index is 1190. The third-order valence-electron chi connectivity index (χ3n) is 7.73. The number of allylic oxidation sites excluding steroid dienone is 2. The lowest BCUT2D eigenvalue weighted by Gasteiger charge is -2.41. The molecule has 9 heteroatoms. The van der Waals surface area contributed by atoms with Crippen molar-refractivity contribution < 1.29 is 34.1 Å². The number of likely N-dealkylation sites (tertiary alicyclic amines) is 1. The van der Waals surface area contributed by atoms with E-state index in [9.17, 15) is 29.7 Å². The molecule has 1 aromatic rings. The zero-order valence-electron chi connectivity index (χ0n) is 18.1. The summed E-state index contributed by atoms with van der Waals surface area (Å²) in [5.74, 6) is -6.72. The fourth-order valence-corrected chi connectivity index (χ4v) is 6.25. The molecule has 1 heterocycles. The van der Waals surface area contributed by atoms with E-state index < -0.39 is 58.1 Å². The number of phenols is 1. The van der Waals surface area contributed by atoms with E-state index in [4.69, 9.17) is 5.73 Å². The van der Waals surface area contributed by atoms with Gasteiger partial charge in [0.05, 0.1) is 11.5 Å². The summed E-state index contributed by atoms with van der Waals surface area (Å²) in [6.45, 7) is 0.815. The van der Waals surface area contributed by atoms with Crippen LogP contribution in [-0.4, -0.2) is 51.3 Å². The van der Waals surface area contributed by atoms with E-state index >= 15 is 4.39 Å². The zero-order chi connectivity index (χ0) is 23.8. The average Bonchev–Trinajstić information content (AvgIpc) is 3.15. The van der Waals surface area contributed by atoms with Crippen LogP contribution >= 0.6 is 0 Å². The molecule has 2 fully saturated rings. The molecule has 5 N–H and O–H groups in total. The summed E-state index contributed by atoms with van der Waals surface area (Å²) < 4.78 is 15.7. The van der Waals surface area contributed by atoms with Gasteiger partial charge in [0.25, 0.3) is 5.91 Å². The molecule has 0 aromatic heterocycles. The van der Waals surface area contributed by atoms with Gasteiger partial charge in [-0.05, 0) is 57.2 Å². The van der Waals surface area contributed by atoms with Crippen LogP contribution in [0.2, 0.25) is 0 Å². The van der Waals surface area contributed by atoms with Crippen molar-refractivity contribution in [2.75, 3.05) is 13.6 Å². The summed E-state index contributed by atoms with van der Waals surface area (Å²) in [5, 5.41) is 32.3.